The third-order valence-electron chi connectivity index (χ3n) is 3.01. The number of nitrogens with one attached hydrogen (secondary N) is 1. The summed E-state index contributed by atoms with van der Waals surface area (Å²) in [5.74, 6) is 0.128. The zero-order chi connectivity index (χ0) is 14.5. The van der Waals surface area contributed by atoms with Crippen LogP contribution in [0.25, 0.3) is 11.5 Å². The summed E-state index contributed by atoms with van der Waals surface area (Å²) in [4.78, 5) is 4.34. The molecular formula is C15H15FN4O. The Balaban J connectivity index is 1.53. The predicted molar refractivity (Wildman–Crippen MR) is 75.8 cm³/mol. The Kier molecular flexibility index (Phi) is 4.07. The van der Waals surface area contributed by atoms with Crippen molar-refractivity contribution in [2.45, 2.75) is 13.1 Å². The first kappa shape index (κ1) is 13.5. The summed E-state index contributed by atoms with van der Waals surface area (Å²) >= 11 is 0. The van der Waals surface area contributed by atoms with Gasteiger partial charge in [0.15, 0.2) is 0 Å². The number of hydrogen-bond donors (Lipinski definition) is 1. The van der Waals surface area contributed by atoms with Gasteiger partial charge in [0.25, 0.3) is 0 Å². The molecule has 0 bridgehead atoms. The Hall–Kier alpha value is -2.47. The molecule has 0 spiro atoms. The van der Waals surface area contributed by atoms with Crippen LogP contribution in [-0.2, 0) is 13.1 Å². The Morgan fingerprint density at radius 1 is 1.29 bits per heavy atom. The van der Waals surface area contributed by atoms with Crippen LogP contribution in [0, 0.1) is 5.82 Å². The largest absolute Gasteiger partial charge is 0.444 e. The molecule has 0 saturated heterocycles. The van der Waals surface area contributed by atoms with Crippen LogP contribution in [0.3, 0.4) is 0 Å². The second-order valence-electron chi connectivity index (χ2n) is 4.60. The highest BCUT2D eigenvalue weighted by molar-refractivity contribution is 5.52. The quantitative estimate of drug-likeness (QED) is 0.707. The van der Waals surface area contributed by atoms with E-state index in [1.54, 1.807) is 24.6 Å². The molecule has 0 aliphatic heterocycles. The third kappa shape index (κ3) is 3.55. The van der Waals surface area contributed by atoms with Crippen LogP contribution < -0.4 is 5.32 Å². The zero-order valence-corrected chi connectivity index (χ0v) is 11.4. The average Bonchev–Trinajstić information content (AvgIpc) is 3.15. The highest BCUT2D eigenvalue weighted by atomic mass is 19.1. The molecule has 0 saturated carbocycles. The third-order valence-corrected chi connectivity index (χ3v) is 3.01. The zero-order valence-electron chi connectivity index (χ0n) is 11.4. The van der Waals surface area contributed by atoms with Crippen molar-refractivity contribution in [3.63, 3.8) is 0 Å². The number of oxazole rings is 1. The highest BCUT2D eigenvalue weighted by Crippen LogP contribution is 2.19. The van der Waals surface area contributed by atoms with E-state index >= 15 is 0 Å². The van der Waals surface area contributed by atoms with E-state index in [1.807, 2.05) is 16.9 Å². The molecule has 5 nitrogen and oxygen atoms in total. The van der Waals surface area contributed by atoms with Gasteiger partial charge in [0, 0.05) is 31.0 Å². The van der Waals surface area contributed by atoms with Crippen LogP contribution in [0.1, 0.15) is 5.69 Å². The van der Waals surface area contributed by atoms with Gasteiger partial charge in [-0.25, -0.2) is 9.37 Å². The molecule has 2 heterocycles. The summed E-state index contributed by atoms with van der Waals surface area (Å²) < 4.78 is 20.4. The molecule has 3 aromatic rings. The van der Waals surface area contributed by atoms with Crippen molar-refractivity contribution in [1.29, 1.82) is 0 Å². The molecule has 0 atom stereocenters. The van der Waals surface area contributed by atoms with Gasteiger partial charge in [-0.1, -0.05) is 6.07 Å². The fourth-order valence-corrected chi connectivity index (χ4v) is 1.99. The molecule has 1 N–H and O–H groups in total. The lowest BCUT2D eigenvalue weighted by Crippen LogP contribution is -2.19. The highest BCUT2D eigenvalue weighted by Gasteiger charge is 2.07. The Morgan fingerprint density at radius 3 is 3.05 bits per heavy atom. The van der Waals surface area contributed by atoms with Crippen molar-refractivity contribution in [1.82, 2.24) is 20.1 Å². The number of rotatable bonds is 6. The number of benzene rings is 1. The van der Waals surface area contributed by atoms with E-state index in [1.165, 1.54) is 12.1 Å². The smallest absolute Gasteiger partial charge is 0.226 e. The van der Waals surface area contributed by atoms with Gasteiger partial charge in [-0.2, -0.15) is 5.10 Å². The van der Waals surface area contributed by atoms with Crippen LogP contribution in [0.2, 0.25) is 0 Å². The lowest BCUT2D eigenvalue weighted by molar-refractivity contribution is 0.546. The Morgan fingerprint density at radius 2 is 2.24 bits per heavy atom. The SMILES string of the molecule is Fc1cccc(-c2nc(CNCCn3cccn3)co2)c1. The molecule has 108 valence electrons. The molecule has 0 amide bonds. The molecule has 0 aliphatic rings. The molecule has 1 aromatic carbocycles. The Bertz CT molecular complexity index is 693. The van der Waals surface area contributed by atoms with Gasteiger partial charge in [-0.05, 0) is 24.3 Å². The van der Waals surface area contributed by atoms with E-state index in [-0.39, 0.29) is 5.82 Å². The number of nitrogens with zero attached hydrogens (tertiary/aromatic N) is 3. The first-order valence-electron chi connectivity index (χ1n) is 6.70. The minimum Gasteiger partial charge on any atom is -0.444 e. The lowest BCUT2D eigenvalue weighted by Gasteiger charge is -2.02. The van der Waals surface area contributed by atoms with Crippen molar-refractivity contribution in [2.24, 2.45) is 0 Å². The van der Waals surface area contributed by atoms with Gasteiger partial charge in [-0.3, -0.25) is 4.68 Å². The molecule has 6 heteroatoms. The van der Waals surface area contributed by atoms with Crippen molar-refractivity contribution in [3.05, 3.63) is 60.5 Å². The first-order valence-corrected chi connectivity index (χ1v) is 6.70. The monoisotopic (exact) mass is 286 g/mol. The molecule has 3 rings (SSSR count). The summed E-state index contributed by atoms with van der Waals surface area (Å²) in [6.07, 6.45) is 5.25. The maximum Gasteiger partial charge on any atom is 0.226 e. The van der Waals surface area contributed by atoms with Crippen LogP contribution in [0.15, 0.2) is 53.4 Å². The van der Waals surface area contributed by atoms with Gasteiger partial charge < -0.3 is 9.73 Å². The number of halogens is 1. The molecule has 2 aromatic heterocycles. The fourth-order valence-electron chi connectivity index (χ4n) is 1.99. The maximum absolute atomic E-state index is 13.2. The molecular weight excluding hydrogens is 271 g/mol. The summed E-state index contributed by atoms with van der Waals surface area (Å²) in [6.45, 7) is 2.17. The molecule has 0 aliphatic carbocycles. The van der Waals surface area contributed by atoms with E-state index in [0.29, 0.717) is 18.0 Å². The molecule has 0 fully saturated rings. The summed E-state index contributed by atoms with van der Waals surface area (Å²) in [6, 6.07) is 8.09. The van der Waals surface area contributed by atoms with Gasteiger partial charge in [-0.15, -0.1) is 0 Å². The standard InChI is InChI=1S/C15H15FN4O/c16-13-4-1-3-12(9-13)15-19-14(11-21-15)10-17-6-8-20-7-2-5-18-20/h1-5,7,9,11,17H,6,8,10H2. The van der Waals surface area contributed by atoms with Gasteiger partial charge in [0.2, 0.25) is 5.89 Å². The molecule has 0 radical (unpaired) electrons. The molecule has 0 unspecified atom stereocenters. The minimum atomic E-state index is -0.301. The van der Waals surface area contributed by atoms with E-state index in [4.69, 9.17) is 4.42 Å². The van der Waals surface area contributed by atoms with Crippen LogP contribution >= 0.6 is 0 Å². The van der Waals surface area contributed by atoms with E-state index < -0.39 is 0 Å². The van der Waals surface area contributed by atoms with Crippen molar-refractivity contribution < 1.29 is 8.81 Å². The summed E-state index contributed by atoms with van der Waals surface area (Å²) in [5.41, 5.74) is 1.42. The number of aromatic nitrogens is 3. The minimum absolute atomic E-state index is 0.301. The van der Waals surface area contributed by atoms with Crippen molar-refractivity contribution in [2.75, 3.05) is 6.54 Å². The summed E-state index contributed by atoms with van der Waals surface area (Å²) in [5, 5.41) is 7.38. The topological polar surface area (TPSA) is 55.9 Å². The normalized spacial score (nSPS) is 10.9. The molecule has 21 heavy (non-hydrogen) atoms. The predicted octanol–water partition coefficient (Wildman–Crippen LogP) is 2.47. The fraction of sp³-hybridized carbons (Fsp3) is 0.200. The van der Waals surface area contributed by atoms with E-state index in [0.717, 1.165) is 18.8 Å². The van der Waals surface area contributed by atoms with E-state index in [2.05, 4.69) is 15.4 Å². The van der Waals surface area contributed by atoms with Gasteiger partial charge in [0.1, 0.15) is 12.1 Å². The van der Waals surface area contributed by atoms with Crippen molar-refractivity contribution >= 4 is 0 Å². The Labute approximate surface area is 121 Å². The van der Waals surface area contributed by atoms with Crippen LogP contribution in [0.4, 0.5) is 4.39 Å². The number of hydrogen-bond acceptors (Lipinski definition) is 4. The van der Waals surface area contributed by atoms with Crippen molar-refractivity contribution in [3.8, 4) is 11.5 Å². The van der Waals surface area contributed by atoms with Gasteiger partial charge in [0.05, 0.1) is 12.2 Å². The first-order chi connectivity index (χ1) is 10.3. The van der Waals surface area contributed by atoms with Crippen LogP contribution in [-0.4, -0.2) is 21.3 Å². The maximum atomic E-state index is 13.2. The second kappa shape index (κ2) is 6.32. The van der Waals surface area contributed by atoms with Crippen LogP contribution in [0.5, 0.6) is 0 Å². The lowest BCUT2D eigenvalue weighted by atomic mass is 10.2. The average molecular weight is 286 g/mol. The van der Waals surface area contributed by atoms with Gasteiger partial charge >= 0.3 is 0 Å². The second-order valence-corrected chi connectivity index (χ2v) is 4.60. The summed E-state index contributed by atoms with van der Waals surface area (Å²) in [7, 11) is 0. The van der Waals surface area contributed by atoms with E-state index in [9.17, 15) is 4.39 Å².